The average molecular weight is 239 g/mol. The Morgan fingerprint density at radius 3 is 2.71 bits per heavy atom. The van der Waals surface area contributed by atoms with Gasteiger partial charge in [0.1, 0.15) is 17.2 Å². The summed E-state index contributed by atoms with van der Waals surface area (Å²) in [5.41, 5.74) is 4.81. The van der Waals surface area contributed by atoms with E-state index in [-0.39, 0.29) is 22.6 Å². The number of hydrogen-bond acceptors (Lipinski definition) is 3. The fourth-order valence-electron chi connectivity index (χ4n) is 1.46. The molecule has 88 valence electrons. The largest absolute Gasteiger partial charge is 0.477 e. The number of nitrogens with two attached hydrogens (primary N) is 1. The van der Waals surface area contributed by atoms with Gasteiger partial charge in [-0.15, -0.1) is 0 Å². The van der Waals surface area contributed by atoms with Gasteiger partial charge in [0.2, 0.25) is 0 Å². The quantitative estimate of drug-likeness (QED) is 0.742. The van der Waals surface area contributed by atoms with Crippen molar-refractivity contribution in [1.29, 1.82) is 0 Å². The summed E-state index contributed by atoms with van der Waals surface area (Å²) in [7, 11) is 0. The molecule has 2 aromatic rings. The van der Waals surface area contributed by atoms with Crippen molar-refractivity contribution in [2.45, 2.75) is 0 Å². The Hall–Kier alpha value is -2.44. The summed E-state index contributed by atoms with van der Waals surface area (Å²) >= 11 is 0. The third-order valence-corrected chi connectivity index (χ3v) is 2.21. The highest BCUT2D eigenvalue weighted by Gasteiger charge is 2.21. The first kappa shape index (κ1) is 11.1. The molecule has 1 aromatic carbocycles. The van der Waals surface area contributed by atoms with Gasteiger partial charge >= 0.3 is 5.97 Å². The van der Waals surface area contributed by atoms with Crippen LogP contribution in [0, 0.1) is 11.6 Å². The first-order valence-electron chi connectivity index (χ1n) is 4.53. The lowest BCUT2D eigenvalue weighted by atomic mass is 10.1. The van der Waals surface area contributed by atoms with Crippen LogP contribution in [-0.4, -0.2) is 21.3 Å². The number of benzene rings is 1. The molecule has 0 unspecified atom stereocenters. The number of nitrogen functional groups attached to an aromatic ring is 1. The standard InChI is InChI=1S/C10H7F2N3O2/c11-4-1-2-5(6(12)3-4)8-7(10(16)17)9(13)15-14-8/h1-3H,(H,16,17)(H3,13,14,15). The van der Waals surface area contributed by atoms with E-state index in [1.54, 1.807) is 0 Å². The fourth-order valence-corrected chi connectivity index (χ4v) is 1.46. The molecular weight excluding hydrogens is 232 g/mol. The van der Waals surface area contributed by atoms with Crippen molar-refractivity contribution in [3.63, 3.8) is 0 Å². The summed E-state index contributed by atoms with van der Waals surface area (Å²) in [6, 6.07) is 2.78. The molecule has 0 aliphatic heterocycles. The minimum absolute atomic E-state index is 0.0903. The molecule has 7 heteroatoms. The van der Waals surface area contributed by atoms with Crippen LogP contribution < -0.4 is 5.73 Å². The van der Waals surface area contributed by atoms with E-state index in [2.05, 4.69) is 10.2 Å². The number of carbonyl (C=O) groups is 1. The van der Waals surface area contributed by atoms with Gasteiger partial charge in [-0.2, -0.15) is 5.10 Å². The number of aromatic amines is 1. The second kappa shape index (κ2) is 3.85. The molecule has 5 nitrogen and oxygen atoms in total. The summed E-state index contributed by atoms with van der Waals surface area (Å²) in [5.74, 6) is -3.24. The van der Waals surface area contributed by atoms with Crippen molar-refractivity contribution < 1.29 is 18.7 Å². The number of carboxylic acid groups (broad SMARTS) is 1. The lowest BCUT2D eigenvalue weighted by molar-refractivity contribution is 0.0699. The van der Waals surface area contributed by atoms with Crippen molar-refractivity contribution >= 4 is 11.8 Å². The monoisotopic (exact) mass is 239 g/mol. The number of rotatable bonds is 2. The summed E-state index contributed by atoms with van der Waals surface area (Å²) < 4.78 is 26.2. The normalized spacial score (nSPS) is 10.5. The second-order valence-electron chi connectivity index (χ2n) is 3.29. The van der Waals surface area contributed by atoms with Crippen LogP contribution in [0.25, 0.3) is 11.3 Å². The lowest BCUT2D eigenvalue weighted by Crippen LogP contribution is -2.02. The van der Waals surface area contributed by atoms with Crippen LogP contribution >= 0.6 is 0 Å². The van der Waals surface area contributed by atoms with Gasteiger partial charge in [0.15, 0.2) is 5.82 Å². The van der Waals surface area contributed by atoms with Crippen LogP contribution in [0.2, 0.25) is 0 Å². The zero-order valence-corrected chi connectivity index (χ0v) is 8.37. The van der Waals surface area contributed by atoms with Crippen molar-refractivity contribution in [3.05, 3.63) is 35.4 Å². The van der Waals surface area contributed by atoms with E-state index in [0.717, 1.165) is 12.1 Å². The Labute approximate surface area is 93.9 Å². The van der Waals surface area contributed by atoms with Gasteiger partial charge in [0.25, 0.3) is 0 Å². The summed E-state index contributed by atoms with van der Waals surface area (Å²) in [5, 5.41) is 14.7. The Morgan fingerprint density at radius 2 is 2.12 bits per heavy atom. The maximum atomic E-state index is 13.5. The third kappa shape index (κ3) is 1.82. The minimum Gasteiger partial charge on any atom is -0.477 e. The average Bonchev–Trinajstić information content (AvgIpc) is 2.60. The highest BCUT2D eigenvalue weighted by atomic mass is 19.1. The minimum atomic E-state index is -1.34. The maximum absolute atomic E-state index is 13.5. The van der Waals surface area contributed by atoms with Crippen molar-refractivity contribution in [3.8, 4) is 11.3 Å². The number of aromatic carboxylic acids is 1. The van der Waals surface area contributed by atoms with Gasteiger partial charge in [0.05, 0.1) is 5.69 Å². The number of nitrogens with zero attached hydrogens (tertiary/aromatic N) is 1. The summed E-state index contributed by atoms with van der Waals surface area (Å²) in [6.45, 7) is 0. The van der Waals surface area contributed by atoms with Crippen LogP contribution in [-0.2, 0) is 0 Å². The van der Waals surface area contributed by atoms with Crippen LogP contribution in [0.15, 0.2) is 18.2 Å². The van der Waals surface area contributed by atoms with Gasteiger partial charge in [-0.05, 0) is 12.1 Å². The number of aromatic nitrogens is 2. The summed E-state index contributed by atoms with van der Waals surface area (Å²) in [6.07, 6.45) is 0. The van der Waals surface area contributed by atoms with E-state index in [4.69, 9.17) is 10.8 Å². The first-order chi connectivity index (χ1) is 8.00. The van der Waals surface area contributed by atoms with Gasteiger partial charge in [0, 0.05) is 11.6 Å². The molecule has 1 aromatic heterocycles. The molecule has 1 heterocycles. The smallest absolute Gasteiger partial charge is 0.341 e. The molecule has 0 bridgehead atoms. The molecule has 0 radical (unpaired) electrons. The molecule has 0 aliphatic rings. The molecular formula is C10H7F2N3O2. The van der Waals surface area contributed by atoms with Crippen molar-refractivity contribution in [2.24, 2.45) is 0 Å². The number of anilines is 1. The second-order valence-corrected chi connectivity index (χ2v) is 3.29. The Kier molecular flexibility index (Phi) is 2.51. The Morgan fingerprint density at radius 1 is 1.41 bits per heavy atom. The molecule has 4 N–H and O–H groups in total. The maximum Gasteiger partial charge on any atom is 0.341 e. The summed E-state index contributed by atoms with van der Waals surface area (Å²) in [4.78, 5) is 10.9. The van der Waals surface area contributed by atoms with E-state index >= 15 is 0 Å². The molecule has 0 atom stereocenters. The predicted molar refractivity (Wildman–Crippen MR) is 55.3 cm³/mol. The first-order valence-corrected chi connectivity index (χ1v) is 4.53. The topological polar surface area (TPSA) is 92.0 Å². The zero-order chi connectivity index (χ0) is 12.6. The van der Waals surface area contributed by atoms with Gasteiger partial charge in [-0.1, -0.05) is 0 Å². The highest BCUT2D eigenvalue weighted by molar-refractivity contribution is 5.99. The van der Waals surface area contributed by atoms with E-state index in [9.17, 15) is 13.6 Å². The van der Waals surface area contributed by atoms with E-state index in [0.29, 0.717) is 6.07 Å². The van der Waals surface area contributed by atoms with E-state index < -0.39 is 17.6 Å². The van der Waals surface area contributed by atoms with Gasteiger partial charge < -0.3 is 10.8 Å². The molecule has 0 amide bonds. The van der Waals surface area contributed by atoms with E-state index in [1.807, 2.05) is 0 Å². The van der Waals surface area contributed by atoms with E-state index in [1.165, 1.54) is 0 Å². The molecule has 2 rings (SSSR count). The fraction of sp³-hybridized carbons (Fsp3) is 0. The molecule has 0 fully saturated rings. The van der Waals surface area contributed by atoms with Crippen LogP contribution in [0.5, 0.6) is 0 Å². The third-order valence-electron chi connectivity index (χ3n) is 2.21. The van der Waals surface area contributed by atoms with Crippen LogP contribution in [0.1, 0.15) is 10.4 Å². The molecule has 0 saturated heterocycles. The SMILES string of the molecule is Nc1n[nH]c(-c2ccc(F)cc2F)c1C(=O)O. The van der Waals surface area contributed by atoms with Crippen molar-refractivity contribution in [2.75, 3.05) is 5.73 Å². The van der Waals surface area contributed by atoms with Crippen LogP contribution in [0.3, 0.4) is 0 Å². The highest BCUT2D eigenvalue weighted by Crippen LogP contribution is 2.27. The molecule has 0 saturated carbocycles. The number of H-pyrrole nitrogens is 1. The molecule has 0 aliphatic carbocycles. The lowest BCUT2D eigenvalue weighted by Gasteiger charge is -2.02. The Bertz CT molecular complexity index is 595. The number of nitrogens with one attached hydrogen (secondary N) is 1. The number of halogens is 2. The number of carboxylic acids is 1. The van der Waals surface area contributed by atoms with Crippen molar-refractivity contribution in [1.82, 2.24) is 10.2 Å². The van der Waals surface area contributed by atoms with Gasteiger partial charge in [-0.3, -0.25) is 5.10 Å². The molecule has 0 spiro atoms. The number of hydrogen-bond donors (Lipinski definition) is 3. The predicted octanol–water partition coefficient (Wildman–Crippen LogP) is 1.64. The molecule has 17 heavy (non-hydrogen) atoms. The Balaban J connectivity index is 2.65. The van der Waals surface area contributed by atoms with Gasteiger partial charge in [-0.25, -0.2) is 13.6 Å². The zero-order valence-electron chi connectivity index (χ0n) is 8.37. The van der Waals surface area contributed by atoms with Crippen LogP contribution in [0.4, 0.5) is 14.6 Å².